The van der Waals surface area contributed by atoms with Crippen molar-refractivity contribution >= 4 is 51.8 Å². The van der Waals surface area contributed by atoms with E-state index in [-0.39, 0.29) is 69.3 Å². The van der Waals surface area contributed by atoms with Crippen LogP contribution in [-0.2, 0) is 41.7 Å². The normalized spacial score (nSPS) is 15.2. The molecule has 22 heteroatoms. The third-order valence-corrected chi connectivity index (χ3v) is 13.2. The molecule has 4 aromatic heterocycles. The van der Waals surface area contributed by atoms with Crippen molar-refractivity contribution in [1.29, 1.82) is 0 Å². The number of nitrogens with two attached hydrogens (primary N) is 1. The highest BCUT2D eigenvalue weighted by molar-refractivity contribution is 7.13. The molecule has 0 radical (unpaired) electrons. The Kier molecular flexibility index (Phi) is 20.4. The van der Waals surface area contributed by atoms with Gasteiger partial charge in [-0.05, 0) is 73.3 Å². The monoisotopic (exact) mass is 1040 g/mol. The number of hydrogen-bond acceptors (Lipinski definition) is 17. The van der Waals surface area contributed by atoms with E-state index >= 15 is 0 Å². The summed E-state index contributed by atoms with van der Waals surface area (Å²) in [4.78, 5) is 68.9. The number of imidazole rings is 1. The molecule has 5 aromatic rings. The van der Waals surface area contributed by atoms with Crippen LogP contribution < -0.4 is 26.4 Å². The number of ether oxygens (including phenoxy) is 3. The molecule has 0 aliphatic carbocycles. The molecule has 74 heavy (non-hydrogen) atoms. The topological polar surface area (TPSA) is 284 Å². The summed E-state index contributed by atoms with van der Waals surface area (Å²) in [5.74, 6) is 5.55. The summed E-state index contributed by atoms with van der Waals surface area (Å²) in [5, 5.41) is 37.0. The minimum Gasteiger partial charge on any atom is -0.490 e. The predicted molar refractivity (Wildman–Crippen MR) is 278 cm³/mol. The lowest BCUT2D eigenvalue weighted by Gasteiger charge is -2.35. The standard InChI is InChI=1S/C52H71N11O10S/c1-8-62-44-39(30-55-37(19-21-52(6,7)69)42(44)59-48(62)43-47(53)61-73-60-43)72-23-13-11-9-10-12-14-40(65)54-22-25-71-27-26-70-24-20-41(66)58-46(51(3,4)5)50(68)63-31-36(64)28-38(63)49(67)56-29-34-15-17-35(18-16-34)45-33(2)57-32-74-45/h15-18,30,32,36,38,46,64,69H,8-14,20,22-29,31H2,1-7H3,(H2,53,61)(H,54,65)(H,56,67)(H,58,66)/t36-,38+,46-/m1/s1. The van der Waals surface area contributed by atoms with Crippen LogP contribution in [0.2, 0.25) is 0 Å². The minimum absolute atomic E-state index is 0.00333. The van der Waals surface area contributed by atoms with E-state index in [0.717, 1.165) is 53.8 Å². The second-order valence-electron chi connectivity index (χ2n) is 19.8. The van der Waals surface area contributed by atoms with E-state index in [9.17, 15) is 29.4 Å². The molecule has 3 atom stereocenters. The number of aliphatic hydroxyl groups excluding tert-OH is 1. The van der Waals surface area contributed by atoms with E-state index in [1.54, 1.807) is 31.4 Å². The average molecular weight is 1040 g/mol. The number of fused-ring (bicyclic) bond motifs is 1. The van der Waals surface area contributed by atoms with Gasteiger partial charge in [-0.15, -0.1) is 11.3 Å². The summed E-state index contributed by atoms with van der Waals surface area (Å²) in [6.07, 6.45) is 5.50. The highest BCUT2D eigenvalue weighted by Gasteiger charge is 2.44. The lowest BCUT2D eigenvalue weighted by molar-refractivity contribution is -0.144. The molecule has 1 aliphatic rings. The quantitative estimate of drug-likeness (QED) is 0.0323. The number of unbranched alkanes of at least 4 members (excludes halogenated alkanes) is 4. The van der Waals surface area contributed by atoms with E-state index in [0.29, 0.717) is 66.7 Å². The number of hydrogen-bond donors (Lipinski definition) is 6. The van der Waals surface area contributed by atoms with Gasteiger partial charge in [-0.2, -0.15) is 0 Å². The van der Waals surface area contributed by atoms with Crippen molar-refractivity contribution in [2.45, 2.75) is 137 Å². The van der Waals surface area contributed by atoms with Crippen molar-refractivity contribution in [3.05, 3.63) is 52.9 Å². The fourth-order valence-electron chi connectivity index (χ4n) is 8.31. The molecule has 6 rings (SSSR count). The molecule has 0 unspecified atom stereocenters. The van der Waals surface area contributed by atoms with E-state index < -0.39 is 35.1 Å². The molecule has 400 valence electrons. The van der Waals surface area contributed by atoms with Gasteiger partial charge in [0.25, 0.3) is 0 Å². The predicted octanol–water partition coefficient (Wildman–Crippen LogP) is 4.71. The van der Waals surface area contributed by atoms with Gasteiger partial charge in [-0.25, -0.2) is 19.6 Å². The number of nitrogens with one attached hydrogen (secondary N) is 3. The maximum atomic E-state index is 14.0. The Balaban J connectivity index is 0.814. The number of nitrogens with zero attached hydrogens (tertiary/aromatic N) is 7. The maximum Gasteiger partial charge on any atom is 0.246 e. The van der Waals surface area contributed by atoms with Gasteiger partial charge in [-0.1, -0.05) is 70.2 Å². The second kappa shape index (κ2) is 26.6. The molecule has 1 aliphatic heterocycles. The van der Waals surface area contributed by atoms with Gasteiger partial charge < -0.3 is 55.6 Å². The van der Waals surface area contributed by atoms with E-state index in [1.807, 2.05) is 69.0 Å². The van der Waals surface area contributed by atoms with Crippen LogP contribution in [0.25, 0.3) is 33.0 Å². The SMILES string of the molecule is CCn1c(-c2nonc2N)nc2c(C#CC(C)(C)O)ncc(OCCCCCCCC(=O)NCCOCCOCCC(=O)N[C@H](C(=O)N3C[C@H](O)C[C@H]3C(=O)NCc3ccc(-c4scnc4C)cc3)C(C)(C)C)c21. The summed E-state index contributed by atoms with van der Waals surface area (Å²) in [5.41, 5.74) is 10.6. The van der Waals surface area contributed by atoms with Crippen LogP contribution in [0.15, 0.2) is 40.6 Å². The summed E-state index contributed by atoms with van der Waals surface area (Å²) in [6, 6.07) is 6.02. The number of amides is 4. The first-order chi connectivity index (χ1) is 35.3. The van der Waals surface area contributed by atoms with Crippen LogP contribution in [0.3, 0.4) is 0 Å². The number of carbonyl (C=O) groups is 4. The third kappa shape index (κ3) is 16.0. The Morgan fingerprint density at radius 2 is 1.66 bits per heavy atom. The van der Waals surface area contributed by atoms with E-state index in [1.165, 1.54) is 4.90 Å². The Bertz CT molecular complexity index is 2730. The molecule has 0 spiro atoms. The summed E-state index contributed by atoms with van der Waals surface area (Å²) < 4.78 is 24.1. The molecular weight excluding hydrogens is 971 g/mol. The van der Waals surface area contributed by atoms with Crippen molar-refractivity contribution in [2.24, 2.45) is 5.41 Å². The molecule has 0 saturated carbocycles. The van der Waals surface area contributed by atoms with Crippen LogP contribution in [0, 0.1) is 24.2 Å². The first kappa shape index (κ1) is 56.8. The van der Waals surface area contributed by atoms with Gasteiger partial charge in [0, 0.05) is 45.4 Å². The Morgan fingerprint density at radius 1 is 0.932 bits per heavy atom. The van der Waals surface area contributed by atoms with E-state index in [4.69, 9.17) is 29.6 Å². The van der Waals surface area contributed by atoms with Crippen molar-refractivity contribution < 1.29 is 48.2 Å². The van der Waals surface area contributed by atoms with Gasteiger partial charge >= 0.3 is 0 Å². The highest BCUT2D eigenvalue weighted by Crippen LogP contribution is 2.34. The lowest BCUT2D eigenvalue weighted by Crippen LogP contribution is -2.57. The number of benzene rings is 1. The first-order valence-electron chi connectivity index (χ1n) is 25.2. The largest absolute Gasteiger partial charge is 0.490 e. The Morgan fingerprint density at radius 3 is 2.34 bits per heavy atom. The third-order valence-electron chi connectivity index (χ3n) is 12.2. The molecule has 1 fully saturated rings. The number of aliphatic hydroxyl groups is 2. The van der Waals surface area contributed by atoms with Crippen molar-refractivity contribution in [3.63, 3.8) is 0 Å². The fraction of sp³-hybridized carbons (Fsp3) is 0.558. The van der Waals surface area contributed by atoms with Crippen LogP contribution in [0.1, 0.15) is 110 Å². The van der Waals surface area contributed by atoms with Crippen LogP contribution >= 0.6 is 11.3 Å². The van der Waals surface area contributed by atoms with Gasteiger partial charge in [0.2, 0.25) is 23.6 Å². The molecule has 0 bridgehead atoms. The fourth-order valence-corrected chi connectivity index (χ4v) is 9.12. The van der Waals surface area contributed by atoms with Crippen LogP contribution in [0.5, 0.6) is 5.75 Å². The molecular formula is C52H71N11O10S. The zero-order chi connectivity index (χ0) is 53.4. The van der Waals surface area contributed by atoms with Gasteiger partial charge in [0.15, 0.2) is 23.1 Å². The number of likely N-dealkylation sites (tertiary alicyclic amines) is 1. The number of anilines is 1. The highest BCUT2D eigenvalue weighted by atomic mass is 32.1. The molecule has 21 nitrogen and oxygen atoms in total. The van der Waals surface area contributed by atoms with Crippen LogP contribution in [-0.4, -0.2) is 138 Å². The number of aryl methyl sites for hydroxylation is 2. The lowest BCUT2D eigenvalue weighted by atomic mass is 9.85. The van der Waals surface area contributed by atoms with Crippen LogP contribution in [0.4, 0.5) is 5.82 Å². The number of pyridine rings is 1. The van der Waals surface area contributed by atoms with Crippen molar-refractivity contribution in [2.75, 3.05) is 51.9 Å². The Hall–Kier alpha value is -6.51. The molecule has 7 N–H and O–H groups in total. The number of carbonyl (C=O) groups excluding carboxylic acids is 4. The number of thiazole rings is 1. The first-order valence-corrected chi connectivity index (χ1v) is 26.1. The summed E-state index contributed by atoms with van der Waals surface area (Å²) in [7, 11) is 0. The molecule has 1 aromatic carbocycles. The van der Waals surface area contributed by atoms with Crippen molar-refractivity contribution in [1.82, 2.24) is 50.7 Å². The second-order valence-corrected chi connectivity index (χ2v) is 20.6. The summed E-state index contributed by atoms with van der Waals surface area (Å²) in [6.45, 7) is 15.1. The Labute approximate surface area is 435 Å². The molecule has 4 amide bonds. The van der Waals surface area contributed by atoms with Gasteiger partial charge in [0.05, 0.1) is 61.4 Å². The average Bonchev–Trinajstić information content (AvgIpc) is 4.17. The molecule has 5 heterocycles. The van der Waals surface area contributed by atoms with Gasteiger partial charge in [0.1, 0.15) is 34.4 Å². The number of rotatable bonds is 26. The minimum atomic E-state index is -1.23. The number of nitrogen functional groups attached to an aromatic ring is 1. The summed E-state index contributed by atoms with van der Waals surface area (Å²) >= 11 is 1.57. The smallest absolute Gasteiger partial charge is 0.246 e. The number of aromatic nitrogens is 6. The molecule has 1 saturated heterocycles. The van der Waals surface area contributed by atoms with Gasteiger partial charge in [-0.3, -0.25) is 19.2 Å². The maximum absolute atomic E-state index is 14.0. The van der Waals surface area contributed by atoms with Crippen molar-refractivity contribution in [3.8, 4) is 39.5 Å². The number of β-amino-alcohol motifs (C(OH)–C–C–N with tert-alkyl or cyclic N) is 1. The zero-order valence-corrected chi connectivity index (χ0v) is 44.3. The zero-order valence-electron chi connectivity index (χ0n) is 43.5. The van der Waals surface area contributed by atoms with E-state index in [2.05, 4.69) is 48.1 Å².